The van der Waals surface area contributed by atoms with E-state index in [-0.39, 0.29) is 11.3 Å². The number of rotatable bonds is 8. The summed E-state index contributed by atoms with van der Waals surface area (Å²) in [5, 5.41) is 13.1. The number of carbonyl (C=O) groups excluding carboxylic acids is 3. The second-order valence-electron chi connectivity index (χ2n) is 6.31. The van der Waals surface area contributed by atoms with Gasteiger partial charge in [-0.05, 0) is 17.7 Å². The van der Waals surface area contributed by atoms with E-state index in [9.17, 15) is 33.3 Å². The molecule has 0 heterocycles. The van der Waals surface area contributed by atoms with E-state index in [4.69, 9.17) is 4.74 Å². The minimum Gasteiger partial charge on any atom is -0.469 e. The predicted molar refractivity (Wildman–Crippen MR) is 102 cm³/mol. The number of non-ortho nitro benzene ring substituents is 1. The van der Waals surface area contributed by atoms with Crippen LogP contribution in [0.3, 0.4) is 0 Å². The molecule has 0 unspecified atom stereocenters. The SMILES string of the molecule is COC(=O)C[C@H](c1ccc([N+](=O)[O-])cc1)[C@H](NC(=O)c1cccc(F)c1F)C(=O)OC. The molecular formula is C20H18F2N2O7. The highest BCUT2D eigenvalue weighted by Gasteiger charge is 2.35. The van der Waals surface area contributed by atoms with E-state index in [1.807, 2.05) is 0 Å². The molecule has 0 saturated carbocycles. The summed E-state index contributed by atoms with van der Waals surface area (Å²) in [5.74, 6) is -6.60. The second kappa shape index (κ2) is 10.2. The van der Waals surface area contributed by atoms with E-state index in [1.165, 1.54) is 12.1 Å². The molecule has 0 spiro atoms. The van der Waals surface area contributed by atoms with Crippen molar-refractivity contribution < 1.29 is 37.6 Å². The van der Waals surface area contributed by atoms with Crippen LogP contribution in [0.2, 0.25) is 0 Å². The molecule has 0 aliphatic rings. The van der Waals surface area contributed by atoms with Crippen molar-refractivity contribution in [3.8, 4) is 0 Å². The summed E-state index contributed by atoms with van der Waals surface area (Å²) in [6, 6.07) is 6.35. The maximum absolute atomic E-state index is 14.0. The average Bonchev–Trinajstić information content (AvgIpc) is 2.77. The highest BCUT2D eigenvalue weighted by atomic mass is 19.2. The fourth-order valence-corrected chi connectivity index (χ4v) is 2.88. The standard InChI is InChI=1S/C20H18F2N2O7/c1-30-16(25)10-14(11-6-8-12(9-7-11)24(28)29)18(20(27)31-2)23-19(26)13-4-3-5-15(21)17(13)22/h3-9,14,18H,10H2,1-2H3,(H,23,26)/t14-,18+/m1/s1. The van der Waals surface area contributed by atoms with E-state index >= 15 is 0 Å². The second-order valence-corrected chi connectivity index (χ2v) is 6.31. The van der Waals surface area contributed by atoms with Crippen molar-refractivity contribution in [2.75, 3.05) is 14.2 Å². The number of halogens is 2. The van der Waals surface area contributed by atoms with Crippen molar-refractivity contribution in [2.45, 2.75) is 18.4 Å². The molecule has 0 aromatic heterocycles. The first-order valence-electron chi connectivity index (χ1n) is 8.83. The third kappa shape index (κ3) is 5.59. The van der Waals surface area contributed by atoms with Gasteiger partial charge in [-0.2, -0.15) is 0 Å². The molecule has 0 saturated heterocycles. The molecule has 2 atom stereocenters. The van der Waals surface area contributed by atoms with Crippen molar-refractivity contribution >= 4 is 23.5 Å². The third-order valence-corrected chi connectivity index (χ3v) is 4.49. The van der Waals surface area contributed by atoms with Crippen molar-refractivity contribution in [3.05, 3.63) is 75.3 Å². The molecule has 164 valence electrons. The van der Waals surface area contributed by atoms with Crippen LogP contribution in [0.1, 0.15) is 28.3 Å². The molecular weight excluding hydrogens is 418 g/mol. The van der Waals surface area contributed by atoms with Gasteiger partial charge in [0, 0.05) is 18.1 Å². The summed E-state index contributed by atoms with van der Waals surface area (Å²) >= 11 is 0. The Hall–Kier alpha value is -3.89. The largest absolute Gasteiger partial charge is 0.469 e. The first-order chi connectivity index (χ1) is 14.7. The Balaban J connectivity index is 2.46. The number of amides is 1. The molecule has 9 nitrogen and oxygen atoms in total. The molecule has 31 heavy (non-hydrogen) atoms. The van der Waals surface area contributed by atoms with Gasteiger partial charge in [0.05, 0.1) is 31.1 Å². The maximum atomic E-state index is 14.0. The Morgan fingerprint density at radius 1 is 1.06 bits per heavy atom. The Labute approximate surface area is 175 Å². The number of hydrogen-bond donors (Lipinski definition) is 1. The molecule has 2 aromatic carbocycles. The lowest BCUT2D eigenvalue weighted by Crippen LogP contribution is -2.46. The average molecular weight is 436 g/mol. The summed E-state index contributed by atoms with van der Waals surface area (Å²) in [4.78, 5) is 47.2. The van der Waals surface area contributed by atoms with Crippen molar-refractivity contribution in [1.29, 1.82) is 0 Å². The number of nitrogens with one attached hydrogen (secondary N) is 1. The number of carbonyl (C=O) groups is 3. The summed E-state index contributed by atoms with van der Waals surface area (Å²) in [5.41, 5.74) is -0.623. The van der Waals surface area contributed by atoms with Crippen LogP contribution in [-0.2, 0) is 19.1 Å². The molecule has 2 aromatic rings. The van der Waals surface area contributed by atoms with Crippen LogP contribution in [0.25, 0.3) is 0 Å². The van der Waals surface area contributed by atoms with E-state index in [1.54, 1.807) is 0 Å². The van der Waals surface area contributed by atoms with Gasteiger partial charge in [0.1, 0.15) is 6.04 Å². The normalized spacial score (nSPS) is 12.4. The summed E-state index contributed by atoms with van der Waals surface area (Å²) in [6.45, 7) is 0. The van der Waals surface area contributed by atoms with Gasteiger partial charge in [0.15, 0.2) is 11.6 Å². The molecule has 1 N–H and O–H groups in total. The zero-order valence-electron chi connectivity index (χ0n) is 16.5. The number of esters is 2. The van der Waals surface area contributed by atoms with Gasteiger partial charge in [-0.3, -0.25) is 19.7 Å². The zero-order chi connectivity index (χ0) is 23.1. The van der Waals surface area contributed by atoms with Gasteiger partial charge in [-0.25, -0.2) is 13.6 Å². The van der Waals surface area contributed by atoms with Gasteiger partial charge in [-0.1, -0.05) is 18.2 Å². The Morgan fingerprint density at radius 3 is 2.26 bits per heavy atom. The van der Waals surface area contributed by atoms with Crippen LogP contribution in [0.5, 0.6) is 0 Å². The summed E-state index contributed by atoms with van der Waals surface area (Å²) in [6.07, 6.45) is -0.417. The van der Waals surface area contributed by atoms with Gasteiger partial charge >= 0.3 is 11.9 Å². The van der Waals surface area contributed by atoms with Gasteiger partial charge in [0.2, 0.25) is 0 Å². The smallest absolute Gasteiger partial charge is 0.329 e. The van der Waals surface area contributed by atoms with E-state index in [2.05, 4.69) is 10.1 Å². The molecule has 0 radical (unpaired) electrons. The zero-order valence-corrected chi connectivity index (χ0v) is 16.5. The molecule has 0 aliphatic carbocycles. The number of methoxy groups -OCH3 is 2. The minimum atomic E-state index is -1.51. The Kier molecular flexibility index (Phi) is 7.72. The van der Waals surface area contributed by atoms with Crippen molar-refractivity contribution in [2.24, 2.45) is 0 Å². The Morgan fingerprint density at radius 2 is 1.71 bits per heavy atom. The lowest BCUT2D eigenvalue weighted by molar-refractivity contribution is -0.384. The maximum Gasteiger partial charge on any atom is 0.329 e. The van der Waals surface area contributed by atoms with E-state index in [0.717, 1.165) is 44.6 Å². The molecule has 2 rings (SSSR count). The summed E-state index contributed by atoms with van der Waals surface area (Å²) < 4.78 is 36.8. The molecule has 0 aliphatic heterocycles. The van der Waals surface area contributed by atoms with Crippen LogP contribution >= 0.6 is 0 Å². The topological polar surface area (TPSA) is 125 Å². The van der Waals surface area contributed by atoms with Crippen molar-refractivity contribution in [3.63, 3.8) is 0 Å². The third-order valence-electron chi connectivity index (χ3n) is 4.49. The van der Waals surface area contributed by atoms with Gasteiger partial charge < -0.3 is 14.8 Å². The molecule has 11 heteroatoms. The number of nitro benzene ring substituents is 1. The van der Waals surface area contributed by atoms with Gasteiger partial charge in [-0.15, -0.1) is 0 Å². The van der Waals surface area contributed by atoms with E-state index < -0.39 is 58.3 Å². The molecule has 0 fully saturated rings. The number of ether oxygens (including phenoxy) is 2. The molecule has 1 amide bonds. The number of benzene rings is 2. The van der Waals surface area contributed by atoms with Crippen LogP contribution in [-0.4, -0.2) is 43.0 Å². The van der Waals surface area contributed by atoms with Gasteiger partial charge in [0.25, 0.3) is 11.6 Å². The number of hydrogen-bond acceptors (Lipinski definition) is 7. The fraction of sp³-hybridized carbons (Fsp3) is 0.250. The number of nitro groups is 1. The predicted octanol–water partition coefficient (Wildman–Crippen LogP) is 2.49. The van der Waals surface area contributed by atoms with Crippen molar-refractivity contribution in [1.82, 2.24) is 5.32 Å². The Bertz CT molecular complexity index is 996. The van der Waals surface area contributed by atoms with Crippen LogP contribution < -0.4 is 5.32 Å². The first kappa shape index (κ1) is 23.4. The quantitative estimate of drug-likeness (QED) is 0.383. The van der Waals surface area contributed by atoms with Crippen LogP contribution in [0, 0.1) is 21.7 Å². The van der Waals surface area contributed by atoms with Crippen LogP contribution in [0.4, 0.5) is 14.5 Å². The first-order valence-corrected chi connectivity index (χ1v) is 8.83. The van der Waals surface area contributed by atoms with Crippen LogP contribution in [0.15, 0.2) is 42.5 Å². The fourth-order valence-electron chi connectivity index (χ4n) is 2.88. The minimum absolute atomic E-state index is 0.235. The number of nitrogens with zero attached hydrogens (tertiary/aromatic N) is 1. The molecule has 0 bridgehead atoms. The lowest BCUT2D eigenvalue weighted by atomic mass is 9.88. The summed E-state index contributed by atoms with van der Waals surface area (Å²) in [7, 11) is 2.15. The highest BCUT2D eigenvalue weighted by Crippen LogP contribution is 2.27. The lowest BCUT2D eigenvalue weighted by Gasteiger charge is -2.26. The van der Waals surface area contributed by atoms with E-state index in [0.29, 0.717) is 0 Å². The monoisotopic (exact) mass is 436 g/mol. The highest BCUT2D eigenvalue weighted by molar-refractivity contribution is 5.97.